The molecule has 0 spiro atoms. The minimum absolute atomic E-state index is 0.166. The Morgan fingerprint density at radius 2 is 2.11 bits per heavy atom. The lowest BCUT2D eigenvalue weighted by atomic mass is 10.0. The fourth-order valence-electron chi connectivity index (χ4n) is 2.55. The molecule has 0 saturated heterocycles. The van der Waals surface area contributed by atoms with Crippen LogP contribution in [0.2, 0.25) is 0 Å². The number of hydrogen-bond donors (Lipinski definition) is 1. The average molecular weight is 246 g/mol. The van der Waals surface area contributed by atoms with Crippen LogP contribution in [0.1, 0.15) is 43.4 Å². The molecule has 2 nitrogen and oxygen atoms in total. The molecule has 0 heterocycles. The molecule has 1 aliphatic rings. The van der Waals surface area contributed by atoms with E-state index in [0.717, 1.165) is 24.9 Å². The number of nitrogens with two attached hydrogens (primary N) is 1. The third-order valence-electron chi connectivity index (χ3n) is 4.26. The first-order chi connectivity index (χ1) is 8.58. The molecule has 2 atom stereocenters. The number of nitrogens with zero attached hydrogens (tertiary/aromatic N) is 1. The summed E-state index contributed by atoms with van der Waals surface area (Å²) in [7, 11) is 2.23. The minimum atomic E-state index is 0.166. The molecule has 0 radical (unpaired) electrons. The Morgan fingerprint density at radius 1 is 1.39 bits per heavy atom. The van der Waals surface area contributed by atoms with E-state index in [4.69, 9.17) is 5.73 Å². The van der Waals surface area contributed by atoms with Gasteiger partial charge in [-0.15, -0.1) is 0 Å². The molecule has 2 N–H and O–H groups in total. The van der Waals surface area contributed by atoms with Gasteiger partial charge in [-0.3, -0.25) is 0 Å². The third-order valence-corrected chi connectivity index (χ3v) is 4.26. The van der Waals surface area contributed by atoms with Gasteiger partial charge in [0.2, 0.25) is 0 Å². The van der Waals surface area contributed by atoms with Crippen LogP contribution >= 0.6 is 0 Å². The molecule has 2 unspecified atom stereocenters. The molecular formula is C16H26N2. The van der Waals surface area contributed by atoms with Crippen LogP contribution in [-0.4, -0.2) is 24.5 Å². The number of aryl methyl sites for hydroxylation is 1. The summed E-state index contributed by atoms with van der Waals surface area (Å²) in [5.41, 5.74) is 8.84. The van der Waals surface area contributed by atoms with Crippen molar-refractivity contribution < 1.29 is 0 Å². The van der Waals surface area contributed by atoms with E-state index in [1.807, 2.05) is 0 Å². The molecule has 1 saturated carbocycles. The molecule has 18 heavy (non-hydrogen) atoms. The Bertz CT molecular complexity index is 384. The fourth-order valence-corrected chi connectivity index (χ4v) is 2.55. The first-order valence-electron chi connectivity index (χ1n) is 7.10. The van der Waals surface area contributed by atoms with E-state index < -0.39 is 0 Å². The van der Waals surface area contributed by atoms with E-state index in [9.17, 15) is 0 Å². The Balaban J connectivity index is 1.82. The molecule has 0 bridgehead atoms. The lowest BCUT2D eigenvalue weighted by Gasteiger charge is -2.26. The van der Waals surface area contributed by atoms with Gasteiger partial charge in [-0.05, 0) is 58.2 Å². The van der Waals surface area contributed by atoms with Crippen molar-refractivity contribution in [2.45, 2.75) is 45.2 Å². The van der Waals surface area contributed by atoms with Crippen LogP contribution in [0.3, 0.4) is 0 Å². The van der Waals surface area contributed by atoms with Crippen LogP contribution in [0.5, 0.6) is 0 Å². The highest BCUT2D eigenvalue weighted by molar-refractivity contribution is 5.24. The Labute approximate surface area is 111 Å². The van der Waals surface area contributed by atoms with Gasteiger partial charge >= 0.3 is 0 Å². The first-order valence-corrected chi connectivity index (χ1v) is 7.10. The van der Waals surface area contributed by atoms with E-state index in [1.54, 1.807) is 0 Å². The Hall–Kier alpha value is -0.860. The van der Waals surface area contributed by atoms with Gasteiger partial charge in [0.05, 0.1) is 0 Å². The maximum absolute atomic E-state index is 6.28. The van der Waals surface area contributed by atoms with Crippen LogP contribution in [0.15, 0.2) is 24.3 Å². The van der Waals surface area contributed by atoms with Crippen LogP contribution < -0.4 is 5.73 Å². The summed E-state index contributed by atoms with van der Waals surface area (Å²) in [5, 5.41) is 0. The van der Waals surface area contributed by atoms with Crippen molar-refractivity contribution in [3.63, 3.8) is 0 Å². The van der Waals surface area contributed by atoms with Crippen molar-refractivity contribution in [2.24, 2.45) is 11.7 Å². The lowest BCUT2D eigenvalue weighted by molar-refractivity contribution is 0.226. The van der Waals surface area contributed by atoms with Crippen molar-refractivity contribution in [1.29, 1.82) is 0 Å². The van der Waals surface area contributed by atoms with E-state index in [-0.39, 0.29) is 6.04 Å². The summed E-state index contributed by atoms with van der Waals surface area (Å²) in [6, 6.07) is 9.45. The second-order valence-corrected chi connectivity index (χ2v) is 5.87. The van der Waals surface area contributed by atoms with E-state index in [2.05, 4.69) is 50.1 Å². The van der Waals surface area contributed by atoms with Gasteiger partial charge in [0.15, 0.2) is 0 Å². The normalized spacial score (nSPS) is 18.9. The van der Waals surface area contributed by atoms with Gasteiger partial charge < -0.3 is 10.6 Å². The van der Waals surface area contributed by atoms with Crippen LogP contribution in [0.25, 0.3) is 0 Å². The molecule has 2 heteroatoms. The highest BCUT2D eigenvalue weighted by Crippen LogP contribution is 2.34. The zero-order chi connectivity index (χ0) is 13.1. The van der Waals surface area contributed by atoms with Gasteiger partial charge in [0.25, 0.3) is 0 Å². The topological polar surface area (TPSA) is 29.3 Å². The molecule has 1 aliphatic carbocycles. The van der Waals surface area contributed by atoms with Gasteiger partial charge in [-0.2, -0.15) is 0 Å². The zero-order valence-corrected chi connectivity index (χ0v) is 11.9. The largest absolute Gasteiger partial charge is 0.324 e. The maximum Gasteiger partial charge on any atom is 0.0307 e. The SMILES string of the molecule is Cc1cccc(C(N)CCN(C)C(C)C2CC2)c1. The predicted molar refractivity (Wildman–Crippen MR) is 77.5 cm³/mol. The molecule has 100 valence electrons. The number of rotatable bonds is 6. The number of hydrogen-bond acceptors (Lipinski definition) is 2. The van der Waals surface area contributed by atoms with E-state index in [1.165, 1.54) is 24.0 Å². The van der Waals surface area contributed by atoms with E-state index in [0.29, 0.717) is 0 Å². The van der Waals surface area contributed by atoms with Crippen LogP contribution in [0.4, 0.5) is 0 Å². The van der Waals surface area contributed by atoms with Crippen molar-refractivity contribution in [3.05, 3.63) is 35.4 Å². The predicted octanol–water partition coefficient (Wildman–Crippen LogP) is 3.12. The fraction of sp³-hybridized carbons (Fsp3) is 0.625. The Morgan fingerprint density at radius 3 is 2.72 bits per heavy atom. The maximum atomic E-state index is 6.28. The highest BCUT2D eigenvalue weighted by Gasteiger charge is 2.30. The monoisotopic (exact) mass is 246 g/mol. The van der Waals surface area contributed by atoms with Crippen LogP contribution in [-0.2, 0) is 0 Å². The molecule has 1 fully saturated rings. The molecule has 0 amide bonds. The minimum Gasteiger partial charge on any atom is -0.324 e. The van der Waals surface area contributed by atoms with Gasteiger partial charge in [0, 0.05) is 12.1 Å². The van der Waals surface area contributed by atoms with Crippen molar-refractivity contribution in [3.8, 4) is 0 Å². The third kappa shape index (κ3) is 3.56. The smallest absolute Gasteiger partial charge is 0.0307 e. The molecule has 2 rings (SSSR count). The quantitative estimate of drug-likeness (QED) is 0.835. The lowest BCUT2D eigenvalue weighted by Crippen LogP contribution is -2.33. The summed E-state index contributed by atoms with van der Waals surface area (Å²) in [5.74, 6) is 0.935. The van der Waals surface area contributed by atoms with Gasteiger partial charge in [-0.1, -0.05) is 29.8 Å². The second kappa shape index (κ2) is 5.85. The van der Waals surface area contributed by atoms with Crippen LogP contribution in [0, 0.1) is 12.8 Å². The average Bonchev–Trinajstić information content (AvgIpc) is 3.18. The van der Waals surface area contributed by atoms with E-state index >= 15 is 0 Å². The van der Waals surface area contributed by atoms with Gasteiger partial charge in [0.1, 0.15) is 0 Å². The summed E-state index contributed by atoms with van der Waals surface area (Å²) in [6.45, 7) is 5.56. The standard InChI is InChI=1S/C16H26N2/c1-12-5-4-6-15(11-12)16(17)9-10-18(3)13(2)14-7-8-14/h4-6,11,13-14,16H,7-10,17H2,1-3H3. The number of benzene rings is 1. The first kappa shape index (κ1) is 13.6. The summed E-state index contributed by atoms with van der Waals surface area (Å²) in [4.78, 5) is 2.47. The summed E-state index contributed by atoms with van der Waals surface area (Å²) >= 11 is 0. The summed E-state index contributed by atoms with van der Waals surface area (Å²) in [6.07, 6.45) is 3.86. The highest BCUT2D eigenvalue weighted by atomic mass is 15.1. The Kier molecular flexibility index (Phi) is 4.41. The summed E-state index contributed by atoms with van der Waals surface area (Å²) < 4.78 is 0. The van der Waals surface area contributed by atoms with Crippen molar-refractivity contribution in [2.75, 3.05) is 13.6 Å². The molecule has 1 aromatic rings. The molecule has 0 aliphatic heterocycles. The molecule has 1 aromatic carbocycles. The zero-order valence-electron chi connectivity index (χ0n) is 11.9. The van der Waals surface area contributed by atoms with Crippen molar-refractivity contribution >= 4 is 0 Å². The second-order valence-electron chi connectivity index (χ2n) is 5.87. The van der Waals surface area contributed by atoms with Crippen molar-refractivity contribution in [1.82, 2.24) is 4.90 Å². The molecular weight excluding hydrogens is 220 g/mol. The van der Waals surface area contributed by atoms with Gasteiger partial charge in [-0.25, -0.2) is 0 Å². The molecule has 0 aromatic heterocycles.